The van der Waals surface area contributed by atoms with Gasteiger partial charge in [0.15, 0.2) is 5.82 Å². The molecule has 0 aliphatic rings. The Labute approximate surface area is 141 Å². The first-order chi connectivity index (χ1) is 11.3. The summed E-state index contributed by atoms with van der Waals surface area (Å²) >= 11 is 0. The standard InChI is InChI=1S/C17H23N5O2/c1-10(2)14-19-17(22(5)21-14)20-15(23)12(4)18-16(24)13-8-6-7-11(3)9-13/h6-10,12H,1-5H3,(H,18,24)(H,19,20,21,23)/t12-/m0/s1. The molecule has 0 saturated heterocycles. The number of nitrogens with one attached hydrogen (secondary N) is 2. The van der Waals surface area contributed by atoms with Crippen molar-refractivity contribution in [3.05, 3.63) is 41.2 Å². The molecule has 1 heterocycles. The zero-order valence-electron chi connectivity index (χ0n) is 14.6. The van der Waals surface area contributed by atoms with Gasteiger partial charge in [0.25, 0.3) is 5.91 Å². The Hall–Kier alpha value is -2.70. The van der Waals surface area contributed by atoms with Crippen LogP contribution in [0.5, 0.6) is 0 Å². The number of rotatable bonds is 5. The van der Waals surface area contributed by atoms with Crippen LogP contribution in [0.1, 0.15) is 48.4 Å². The molecule has 2 N–H and O–H groups in total. The lowest BCUT2D eigenvalue weighted by atomic mass is 10.1. The van der Waals surface area contributed by atoms with Crippen molar-refractivity contribution in [3.63, 3.8) is 0 Å². The van der Waals surface area contributed by atoms with Crippen LogP contribution in [0.15, 0.2) is 24.3 Å². The summed E-state index contributed by atoms with van der Waals surface area (Å²) in [5.74, 6) is 0.550. The SMILES string of the molecule is Cc1cccc(C(=O)N[C@@H](C)C(=O)Nc2nc(C(C)C)nn2C)c1. The van der Waals surface area contributed by atoms with Crippen molar-refractivity contribution >= 4 is 17.8 Å². The maximum Gasteiger partial charge on any atom is 0.251 e. The molecule has 0 fully saturated rings. The minimum atomic E-state index is -0.697. The average Bonchev–Trinajstić information content (AvgIpc) is 2.88. The van der Waals surface area contributed by atoms with Crippen LogP contribution >= 0.6 is 0 Å². The molecule has 2 amide bonds. The van der Waals surface area contributed by atoms with Crippen molar-refractivity contribution in [1.29, 1.82) is 0 Å². The highest BCUT2D eigenvalue weighted by Crippen LogP contribution is 2.12. The number of carbonyl (C=O) groups excluding carboxylic acids is 2. The summed E-state index contributed by atoms with van der Waals surface area (Å²) in [5, 5.41) is 9.62. The van der Waals surface area contributed by atoms with Crippen molar-refractivity contribution in [1.82, 2.24) is 20.1 Å². The second-order valence-electron chi connectivity index (χ2n) is 6.13. The van der Waals surface area contributed by atoms with E-state index in [2.05, 4.69) is 20.7 Å². The molecule has 2 rings (SSSR count). The Kier molecular flexibility index (Phi) is 5.33. The Balaban J connectivity index is 2.01. The molecule has 0 aliphatic heterocycles. The number of amides is 2. The maximum absolute atomic E-state index is 12.3. The predicted octanol–water partition coefficient (Wildman–Crippen LogP) is 2.00. The summed E-state index contributed by atoms with van der Waals surface area (Å²) in [4.78, 5) is 28.8. The summed E-state index contributed by atoms with van der Waals surface area (Å²) in [7, 11) is 1.71. The molecule has 0 bridgehead atoms. The van der Waals surface area contributed by atoms with E-state index in [1.807, 2.05) is 32.9 Å². The molecule has 1 aromatic heterocycles. The average molecular weight is 329 g/mol. The predicted molar refractivity (Wildman–Crippen MR) is 91.8 cm³/mol. The lowest BCUT2D eigenvalue weighted by Gasteiger charge is -2.13. The fraction of sp³-hybridized carbons (Fsp3) is 0.412. The second-order valence-corrected chi connectivity index (χ2v) is 6.13. The third-order valence-electron chi connectivity index (χ3n) is 3.55. The number of hydrogen-bond donors (Lipinski definition) is 2. The number of benzene rings is 1. The maximum atomic E-state index is 12.3. The summed E-state index contributed by atoms with van der Waals surface area (Å²) < 4.78 is 1.52. The molecular weight excluding hydrogens is 306 g/mol. The fourth-order valence-corrected chi connectivity index (χ4v) is 2.11. The molecule has 24 heavy (non-hydrogen) atoms. The first-order valence-corrected chi connectivity index (χ1v) is 7.87. The molecule has 0 unspecified atom stereocenters. The molecular formula is C17H23N5O2. The highest BCUT2D eigenvalue weighted by atomic mass is 16.2. The van der Waals surface area contributed by atoms with Crippen LogP contribution < -0.4 is 10.6 Å². The van der Waals surface area contributed by atoms with Gasteiger partial charge in [0.05, 0.1) is 0 Å². The number of carbonyl (C=O) groups is 2. The topological polar surface area (TPSA) is 88.9 Å². The van der Waals surface area contributed by atoms with Crippen molar-refractivity contribution in [2.24, 2.45) is 7.05 Å². The van der Waals surface area contributed by atoms with Crippen molar-refractivity contribution in [2.45, 2.75) is 39.7 Å². The van der Waals surface area contributed by atoms with E-state index < -0.39 is 6.04 Å². The van der Waals surface area contributed by atoms with Crippen LogP contribution in [0.2, 0.25) is 0 Å². The number of hydrogen-bond acceptors (Lipinski definition) is 4. The number of anilines is 1. The second kappa shape index (κ2) is 7.25. The summed E-state index contributed by atoms with van der Waals surface area (Å²) in [6.07, 6.45) is 0. The Bertz CT molecular complexity index is 751. The van der Waals surface area contributed by atoms with Gasteiger partial charge in [-0.1, -0.05) is 31.5 Å². The van der Waals surface area contributed by atoms with E-state index >= 15 is 0 Å². The normalized spacial score (nSPS) is 12.1. The van der Waals surface area contributed by atoms with Gasteiger partial charge in [-0.15, -0.1) is 0 Å². The smallest absolute Gasteiger partial charge is 0.251 e. The number of aryl methyl sites for hydroxylation is 2. The van der Waals surface area contributed by atoms with Crippen LogP contribution in [0, 0.1) is 6.92 Å². The van der Waals surface area contributed by atoms with Crippen molar-refractivity contribution < 1.29 is 9.59 Å². The minimum Gasteiger partial charge on any atom is -0.341 e. The van der Waals surface area contributed by atoms with Gasteiger partial charge < -0.3 is 5.32 Å². The van der Waals surface area contributed by atoms with E-state index in [9.17, 15) is 9.59 Å². The minimum absolute atomic E-state index is 0.167. The Morgan fingerprint density at radius 2 is 1.92 bits per heavy atom. The summed E-state index contributed by atoms with van der Waals surface area (Å²) in [6.45, 7) is 7.49. The molecule has 7 heteroatoms. The van der Waals surface area contributed by atoms with Gasteiger partial charge in [-0.2, -0.15) is 10.1 Å². The quantitative estimate of drug-likeness (QED) is 0.878. The van der Waals surface area contributed by atoms with Gasteiger partial charge in [-0.25, -0.2) is 4.68 Å². The molecule has 0 aliphatic carbocycles. The van der Waals surface area contributed by atoms with Gasteiger partial charge in [-0.3, -0.25) is 14.9 Å². The van der Waals surface area contributed by atoms with E-state index in [-0.39, 0.29) is 17.7 Å². The van der Waals surface area contributed by atoms with E-state index in [4.69, 9.17) is 0 Å². The lowest BCUT2D eigenvalue weighted by molar-refractivity contribution is -0.117. The van der Waals surface area contributed by atoms with Crippen molar-refractivity contribution in [2.75, 3.05) is 5.32 Å². The summed E-state index contributed by atoms with van der Waals surface area (Å²) in [5.41, 5.74) is 1.51. The Morgan fingerprint density at radius 1 is 1.21 bits per heavy atom. The Morgan fingerprint density at radius 3 is 2.50 bits per heavy atom. The largest absolute Gasteiger partial charge is 0.341 e. The van der Waals surface area contributed by atoms with Gasteiger partial charge in [0.2, 0.25) is 11.9 Å². The number of aromatic nitrogens is 3. The monoisotopic (exact) mass is 329 g/mol. The van der Waals surface area contributed by atoms with Gasteiger partial charge >= 0.3 is 0 Å². The van der Waals surface area contributed by atoms with E-state index in [0.717, 1.165) is 5.56 Å². The van der Waals surface area contributed by atoms with E-state index in [1.54, 1.807) is 26.1 Å². The molecule has 1 aromatic carbocycles. The zero-order chi connectivity index (χ0) is 17.9. The van der Waals surface area contributed by atoms with Crippen LogP contribution in [0.25, 0.3) is 0 Å². The molecule has 0 radical (unpaired) electrons. The fourth-order valence-electron chi connectivity index (χ4n) is 2.11. The molecule has 0 spiro atoms. The zero-order valence-corrected chi connectivity index (χ0v) is 14.6. The van der Waals surface area contributed by atoms with Crippen LogP contribution in [-0.2, 0) is 11.8 Å². The first-order valence-electron chi connectivity index (χ1n) is 7.87. The summed E-state index contributed by atoms with van der Waals surface area (Å²) in [6, 6.07) is 6.51. The first kappa shape index (κ1) is 17.7. The molecule has 128 valence electrons. The van der Waals surface area contributed by atoms with Crippen LogP contribution in [0.3, 0.4) is 0 Å². The molecule has 0 saturated carbocycles. The van der Waals surface area contributed by atoms with Crippen LogP contribution in [-0.4, -0.2) is 32.6 Å². The molecule has 7 nitrogen and oxygen atoms in total. The molecule has 1 atom stereocenters. The highest BCUT2D eigenvalue weighted by molar-refractivity contribution is 6.00. The lowest BCUT2D eigenvalue weighted by Crippen LogP contribution is -2.42. The molecule has 2 aromatic rings. The van der Waals surface area contributed by atoms with Crippen molar-refractivity contribution in [3.8, 4) is 0 Å². The van der Waals surface area contributed by atoms with Gasteiger partial charge in [0.1, 0.15) is 6.04 Å². The third-order valence-corrected chi connectivity index (χ3v) is 3.55. The van der Waals surface area contributed by atoms with Crippen LogP contribution in [0.4, 0.5) is 5.95 Å². The number of nitrogens with zero attached hydrogens (tertiary/aromatic N) is 3. The third kappa shape index (κ3) is 4.18. The van der Waals surface area contributed by atoms with Gasteiger partial charge in [0, 0.05) is 18.5 Å². The highest BCUT2D eigenvalue weighted by Gasteiger charge is 2.19. The van der Waals surface area contributed by atoms with E-state index in [0.29, 0.717) is 17.3 Å². The van der Waals surface area contributed by atoms with E-state index in [1.165, 1.54) is 4.68 Å². The van der Waals surface area contributed by atoms with Gasteiger partial charge in [-0.05, 0) is 26.0 Å².